The molecule has 8 fully saturated rings. The normalized spacial score (nSPS) is 59.6. The first kappa shape index (κ1) is 40.3. The van der Waals surface area contributed by atoms with E-state index in [2.05, 4.69) is 34.6 Å². The molecule has 13 heteroatoms. The van der Waals surface area contributed by atoms with Gasteiger partial charge in [-0.1, -0.05) is 27.7 Å². The summed E-state index contributed by atoms with van der Waals surface area (Å²) in [4.78, 5) is 0. The minimum atomic E-state index is -1.47. The molecule has 0 aromatic heterocycles. The number of hydrogen-bond acceptors (Lipinski definition) is 13. The number of ether oxygens (including phenoxy) is 5. The average Bonchev–Trinajstić information content (AvgIpc) is 3.45. The van der Waals surface area contributed by atoms with Crippen LogP contribution in [0.25, 0.3) is 0 Å². The summed E-state index contributed by atoms with van der Waals surface area (Å²) in [5.74, 6) is -0.0738. The lowest BCUT2D eigenvalue weighted by atomic mass is 9.41. The van der Waals surface area contributed by atoms with E-state index < -0.39 is 90.2 Å². The Kier molecular flexibility index (Phi) is 9.50. The summed E-state index contributed by atoms with van der Waals surface area (Å²) in [7, 11) is 0. The first-order valence-electron chi connectivity index (χ1n) is 20.7. The van der Waals surface area contributed by atoms with Crippen molar-refractivity contribution in [2.45, 2.75) is 204 Å². The number of fused-ring (bicyclic) bond motifs is 2. The van der Waals surface area contributed by atoms with Gasteiger partial charge in [0.15, 0.2) is 12.6 Å². The molecule has 8 aliphatic rings. The van der Waals surface area contributed by atoms with Gasteiger partial charge >= 0.3 is 0 Å². The lowest BCUT2D eigenvalue weighted by Gasteiger charge is -2.65. The van der Waals surface area contributed by atoms with E-state index in [-0.39, 0.29) is 52.1 Å². The standard InChI is InChI=1S/C41H68O13/c1-19-26(44)28(46)30(48)34(51-19)52-22-15-23-38(7)16-20(42)31(39(8)11-9-25(54-39)36(4,5)49)37(38,6)13-14-40(23)18-41(40)12-10-24(35(2,3)32(22)41)53-33-29(47)27(45)21(43)17-50-33/h19-34,42-49H,9-18H2,1-8H3/t19-,20+,21-,22+,23-,24+,25+,26-,27+,28+,29-,30+,31+,32+,33+,34-,37-,38+,39+,40+,41-/m1/s1. The third kappa shape index (κ3) is 5.43. The minimum Gasteiger partial charge on any atom is -0.393 e. The molecule has 2 spiro atoms. The monoisotopic (exact) mass is 768 g/mol. The summed E-state index contributed by atoms with van der Waals surface area (Å²) in [6, 6.07) is 0. The highest BCUT2D eigenvalue weighted by Gasteiger charge is 2.85. The smallest absolute Gasteiger partial charge is 0.186 e. The molecule has 0 bridgehead atoms. The number of aliphatic hydroxyl groups is 8. The van der Waals surface area contributed by atoms with E-state index in [0.29, 0.717) is 19.3 Å². The van der Waals surface area contributed by atoms with Crippen LogP contribution in [0.15, 0.2) is 0 Å². The predicted octanol–water partition coefficient (Wildman–Crippen LogP) is 1.75. The Labute approximate surface area is 319 Å². The summed E-state index contributed by atoms with van der Waals surface area (Å²) in [5, 5.41) is 87.1. The van der Waals surface area contributed by atoms with E-state index in [0.717, 1.165) is 38.5 Å². The third-order valence-corrected chi connectivity index (χ3v) is 17.6. The SMILES string of the molecule is C[C@H]1O[C@H](O[C@H]2C[C@H]3[C@]4(CC[C@]5(C)[C@@H]([C@]6(C)CC[C@@H](C(C)(C)O)O6)[C@@H](O)C[C@@]35C)C[C@@]43CC[C@H](O[C@@H]4OC[C@@H](O)[C@H](O)[C@H]4O)C(C)(C)[C@H]23)[C@@H](O)[C@@H](O)[C@@H]1O. The zero-order chi connectivity index (χ0) is 39.3. The summed E-state index contributed by atoms with van der Waals surface area (Å²) < 4.78 is 32.1. The zero-order valence-corrected chi connectivity index (χ0v) is 33.4. The van der Waals surface area contributed by atoms with Gasteiger partial charge in [0.2, 0.25) is 0 Å². The Balaban J connectivity index is 1.15. The summed E-state index contributed by atoms with van der Waals surface area (Å²) >= 11 is 0. The van der Waals surface area contributed by atoms with Crippen molar-refractivity contribution in [1.29, 1.82) is 0 Å². The van der Waals surface area contributed by atoms with Gasteiger partial charge in [-0.25, -0.2) is 0 Å². The molecule has 13 nitrogen and oxygen atoms in total. The van der Waals surface area contributed by atoms with Gasteiger partial charge in [-0.05, 0) is 124 Å². The Hall–Kier alpha value is -0.520. The summed E-state index contributed by atoms with van der Waals surface area (Å²) in [6.07, 6.45) is -5.87. The molecule has 3 heterocycles. The van der Waals surface area contributed by atoms with Gasteiger partial charge in [0, 0.05) is 5.92 Å². The quantitative estimate of drug-likeness (QED) is 0.182. The summed E-state index contributed by atoms with van der Waals surface area (Å²) in [5.41, 5.74) is -2.90. The molecule has 5 aliphatic carbocycles. The third-order valence-electron chi connectivity index (χ3n) is 17.6. The van der Waals surface area contributed by atoms with Crippen molar-refractivity contribution >= 4 is 0 Å². The maximum absolute atomic E-state index is 12.2. The Morgan fingerprint density at radius 3 is 2.04 bits per heavy atom. The topological polar surface area (TPSA) is 208 Å². The molecule has 3 saturated heterocycles. The highest BCUT2D eigenvalue weighted by molar-refractivity contribution is 5.33. The molecule has 54 heavy (non-hydrogen) atoms. The highest BCUT2D eigenvalue weighted by Crippen LogP contribution is 2.89. The van der Waals surface area contributed by atoms with Crippen LogP contribution in [-0.2, 0) is 23.7 Å². The van der Waals surface area contributed by atoms with Crippen molar-refractivity contribution in [1.82, 2.24) is 0 Å². The molecular formula is C41H68O13. The van der Waals surface area contributed by atoms with Crippen molar-refractivity contribution in [3.05, 3.63) is 0 Å². The second-order valence-electron chi connectivity index (χ2n) is 21.0. The van der Waals surface area contributed by atoms with Crippen LogP contribution in [0.4, 0.5) is 0 Å². The average molecular weight is 769 g/mol. The Morgan fingerprint density at radius 2 is 1.37 bits per heavy atom. The first-order chi connectivity index (χ1) is 25.0. The van der Waals surface area contributed by atoms with Crippen LogP contribution in [0.1, 0.15) is 113 Å². The maximum Gasteiger partial charge on any atom is 0.186 e. The second kappa shape index (κ2) is 12.7. The summed E-state index contributed by atoms with van der Waals surface area (Å²) in [6.45, 7) is 16.3. The molecule has 0 radical (unpaired) electrons. The van der Waals surface area contributed by atoms with Crippen molar-refractivity contribution in [2.75, 3.05) is 6.61 Å². The van der Waals surface area contributed by atoms with E-state index in [1.165, 1.54) is 0 Å². The second-order valence-corrected chi connectivity index (χ2v) is 21.0. The molecule has 3 aliphatic heterocycles. The zero-order valence-electron chi connectivity index (χ0n) is 33.4. The fourth-order valence-electron chi connectivity index (χ4n) is 14.8. The van der Waals surface area contributed by atoms with Crippen LogP contribution in [0.2, 0.25) is 0 Å². The van der Waals surface area contributed by atoms with Gasteiger partial charge in [0.05, 0.1) is 48.3 Å². The van der Waals surface area contributed by atoms with Gasteiger partial charge < -0.3 is 64.5 Å². The molecule has 21 atom stereocenters. The van der Waals surface area contributed by atoms with Crippen LogP contribution in [0.5, 0.6) is 0 Å². The molecule has 8 N–H and O–H groups in total. The van der Waals surface area contributed by atoms with Crippen LogP contribution in [-0.4, -0.2) is 138 Å². The fourth-order valence-corrected chi connectivity index (χ4v) is 14.8. The first-order valence-corrected chi connectivity index (χ1v) is 20.7. The largest absolute Gasteiger partial charge is 0.393 e. The Morgan fingerprint density at radius 1 is 0.685 bits per heavy atom. The van der Waals surface area contributed by atoms with Gasteiger partial charge in [-0.15, -0.1) is 0 Å². The van der Waals surface area contributed by atoms with Crippen LogP contribution in [0, 0.1) is 44.8 Å². The van der Waals surface area contributed by atoms with Gasteiger partial charge in [0.25, 0.3) is 0 Å². The van der Waals surface area contributed by atoms with Crippen molar-refractivity contribution in [3.8, 4) is 0 Å². The van der Waals surface area contributed by atoms with E-state index in [1.54, 1.807) is 20.8 Å². The van der Waals surface area contributed by atoms with Crippen molar-refractivity contribution in [2.24, 2.45) is 44.8 Å². The highest BCUT2D eigenvalue weighted by atomic mass is 16.7. The molecule has 0 unspecified atom stereocenters. The molecule has 0 aromatic carbocycles. The van der Waals surface area contributed by atoms with Crippen molar-refractivity contribution < 1.29 is 64.5 Å². The Bertz CT molecular complexity index is 1440. The van der Waals surface area contributed by atoms with Crippen LogP contribution < -0.4 is 0 Å². The molecular weight excluding hydrogens is 700 g/mol. The van der Waals surface area contributed by atoms with E-state index in [1.807, 2.05) is 0 Å². The number of aliphatic hydroxyl groups excluding tert-OH is 7. The lowest BCUT2D eigenvalue weighted by molar-refractivity contribution is -0.335. The molecule has 0 amide bonds. The van der Waals surface area contributed by atoms with E-state index >= 15 is 0 Å². The minimum absolute atomic E-state index is 0.0219. The van der Waals surface area contributed by atoms with E-state index in [4.69, 9.17) is 23.7 Å². The molecule has 310 valence electrons. The van der Waals surface area contributed by atoms with Crippen LogP contribution >= 0.6 is 0 Å². The molecule has 5 saturated carbocycles. The number of rotatable bonds is 6. The maximum atomic E-state index is 12.2. The molecule has 0 aromatic rings. The van der Waals surface area contributed by atoms with E-state index in [9.17, 15) is 40.9 Å². The van der Waals surface area contributed by atoms with Gasteiger partial charge in [-0.3, -0.25) is 0 Å². The fraction of sp³-hybridized carbons (Fsp3) is 1.00. The lowest BCUT2D eigenvalue weighted by Crippen LogP contribution is -2.65. The predicted molar refractivity (Wildman–Crippen MR) is 192 cm³/mol. The van der Waals surface area contributed by atoms with Gasteiger partial charge in [0.1, 0.15) is 36.6 Å². The van der Waals surface area contributed by atoms with Crippen LogP contribution in [0.3, 0.4) is 0 Å². The van der Waals surface area contributed by atoms with Gasteiger partial charge in [-0.2, -0.15) is 0 Å². The molecule has 8 rings (SSSR count). The number of hydrogen-bond donors (Lipinski definition) is 8. The van der Waals surface area contributed by atoms with Crippen molar-refractivity contribution in [3.63, 3.8) is 0 Å².